The summed E-state index contributed by atoms with van der Waals surface area (Å²) in [6, 6.07) is 0. The number of allylic oxidation sites excluding steroid dienone is 1. The van der Waals surface area contributed by atoms with E-state index in [4.69, 9.17) is 0 Å². The normalized spacial score (nSPS) is 18.8. The van der Waals surface area contributed by atoms with Gasteiger partial charge in [-0.15, -0.1) is 0 Å². The van der Waals surface area contributed by atoms with Crippen LogP contribution in [-0.4, -0.2) is 37.2 Å². The Hall–Kier alpha value is -1.21. The van der Waals surface area contributed by atoms with E-state index >= 15 is 0 Å². The van der Waals surface area contributed by atoms with Crippen LogP contribution in [0.3, 0.4) is 0 Å². The van der Waals surface area contributed by atoms with Gasteiger partial charge in [0.05, 0.1) is 0 Å². The summed E-state index contributed by atoms with van der Waals surface area (Å²) in [5.74, 6) is -29.6. The first-order chi connectivity index (χ1) is 9.38. The second-order valence-corrected chi connectivity index (χ2v) is 3.57. The average molecular weight is 362 g/mol. The van der Waals surface area contributed by atoms with Gasteiger partial charge >= 0.3 is 30.1 Å². The molecule has 14 heteroatoms. The second kappa shape index (κ2) is 5.45. The molecule has 0 aliphatic heterocycles. The van der Waals surface area contributed by atoms with Crippen LogP contribution >= 0.6 is 0 Å². The summed E-state index contributed by atoms with van der Waals surface area (Å²) in [5, 5.41) is 0. The minimum atomic E-state index is -7.38. The minimum absolute atomic E-state index is 0.469. The number of hydrogen-bond acceptors (Lipinski definition) is 1. The Morgan fingerprint density at radius 3 is 1.23 bits per heavy atom. The molecular formula is C8H3F13O. The van der Waals surface area contributed by atoms with E-state index in [-0.39, 0.29) is 0 Å². The van der Waals surface area contributed by atoms with Gasteiger partial charge in [0.2, 0.25) is 11.7 Å². The highest BCUT2D eigenvalue weighted by Gasteiger charge is 2.83. The molecule has 0 aromatic carbocycles. The number of halogens is 13. The Labute approximate surface area is 112 Å². The Morgan fingerprint density at radius 2 is 1.00 bits per heavy atom. The molecule has 132 valence electrons. The van der Waals surface area contributed by atoms with Crippen molar-refractivity contribution in [3.05, 3.63) is 11.7 Å². The monoisotopic (exact) mass is 362 g/mol. The van der Waals surface area contributed by atoms with E-state index in [0.29, 0.717) is 0 Å². The van der Waals surface area contributed by atoms with E-state index in [0.717, 1.165) is 0 Å². The highest BCUT2D eigenvalue weighted by atomic mass is 19.4. The first kappa shape index (κ1) is 20.8. The molecule has 0 N–H and O–H groups in total. The molecule has 22 heavy (non-hydrogen) atoms. The molecule has 0 amide bonds. The fourth-order valence-electron chi connectivity index (χ4n) is 1.00. The zero-order valence-electron chi connectivity index (χ0n) is 9.82. The van der Waals surface area contributed by atoms with Crippen LogP contribution in [0.4, 0.5) is 57.1 Å². The Morgan fingerprint density at radius 1 is 0.636 bits per heavy atom. The van der Waals surface area contributed by atoms with Crippen molar-refractivity contribution in [2.45, 2.75) is 30.1 Å². The van der Waals surface area contributed by atoms with E-state index in [2.05, 4.69) is 4.74 Å². The molecule has 0 aromatic rings. The first-order valence-electron chi connectivity index (χ1n) is 4.57. The van der Waals surface area contributed by atoms with Crippen molar-refractivity contribution in [2.75, 3.05) is 7.11 Å². The van der Waals surface area contributed by atoms with Gasteiger partial charge in [-0.3, -0.25) is 0 Å². The lowest BCUT2D eigenvalue weighted by atomic mass is 10.0. The van der Waals surface area contributed by atoms with Gasteiger partial charge < -0.3 is 4.74 Å². The summed E-state index contributed by atoms with van der Waals surface area (Å²) in [4.78, 5) is 0. The third-order valence-corrected chi connectivity index (χ3v) is 2.16. The number of alkyl halides is 11. The van der Waals surface area contributed by atoms with Gasteiger partial charge in [0, 0.05) is 7.11 Å². The summed E-state index contributed by atoms with van der Waals surface area (Å²) in [6.07, 6.45) is -13.7. The van der Waals surface area contributed by atoms with Gasteiger partial charge in [-0.2, -0.15) is 52.7 Å². The lowest BCUT2D eigenvalue weighted by Gasteiger charge is -2.36. The van der Waals surface area contributed by atoms with Crippen molar-refractivity contribution in [3.63, 3.8) is 0 Å². The summed E-state index contributed by atoms with van der Waals surface area (Å²) < 4.78 is 163. The molecule has 0 heterocycles. The zero-order valence-corrected chi connectivity index (χ0v) is 9.82. The summed E-state index contributed by atoms with van der Waals surface area (Å²) in [6.45, 7) is 0. The van der Waals surface area contributed by atoms with Crippen LogP contribution in [0.25, 0.3) is 0 Å². The maximum Gasteiger partial charge on any atom is 0.460 e. The quantitative estimate of drug-likeness (QED) is 0.650. The minimum Gasteiger partial charge on any atom is -0.339 e. The third-order valence-electron chi connectivity index (χ3n) is 2.16. The Bertz CT molecular complexity index is 444. The highest BCUT2D eigenvalue weighted by Crippen LogP contribution is 2.56. The van der Waals surface area contributed by atoms with Crippen LogP contribution in [0.1, 0.15) is 0 Å². The molecule has 0 aliphatic rings. The number of hydrogen-bond donors (Lipinski definition) is 0. The topological polar surface area (TPSA) is 9.23 Å². The number of methoxy groups -OCH3 is 1. The molecule has 1 unspecified atom stereocenters. The molecule has 0 saturated heterocycles. The highest BCUT2D eigenvalue weighted by molar-refractivity contribution is 5.21. The van der Waals surface area contributed by atoms with Crippen molar-refractivity contribution >= 4 is 0 Å². The standard InChI is InChI=1S/C8H3F13O/c1-22-4(11,2(9)3(10)5(12,13)14)6(15,16)7(17,18)8(19,20)21/h1H3/b3-2+. The lowest BCUT2D eigenvalue weighted by molar-refractivity contribution is -0.406. The first-order valence-corrected chi connectivity index (χ1v) is 4.57. The van der Waals surface area contributed by atoms with Crippen molar-refractivity contribution in [3.8, 4) is 0 Å². The van der Waals surface area contributed by atoms with E-state index in [1.807, 2.05) is 0 Å². The van der Waals surface area contributed by atoms with E-state index < -0.39 is 48.8 Å². The fraction of sp³-hybridized carbons (Fsp3) is 0.750. The molecular weight excluding hydrogens is 359 g/mol. The van der Waals surface area contributed by atoms with Crippen molar-refractivity contribution < 1.29 is 61.8 Å². The molecule has 0 aliphatic carbocycles. The van der Waals surface area contributed by atoms with Gasteiger partial charge in [-0.25, -0.2) is 4.39 Å². The SMILES string of the molecule is COC(F)(/C(F)=C(\F)C(F)(F)F)C(F)(F)C(F)(F)C(F)(F)F. The maximum absolute atomic E-state index is 13.4. The summed E-state index contributed by atoms with van der Waals surface area (Å²) in [7, 11) is -0.469. The van der Waals surface area contributed by atoms with Crippen LogP contribution in [-0.2, 0) is 4.74 Å². The smallest absolute Gasteiger partial charge is 0.339 e. The van der Waals surface area contributed by atoms with Gasteiger partial charge in [0.25, 0.3) is 0 Å². The van der Waals surface area contributed by atoms with E-state index in [9.17, 15) is 57.1 Å². The van der Waals surface area contributed by atoms with E-state index in [1.54, 1.807) is 0 Å². The molecule has 0 aromatic heterocycles. The van der Waals surface area contributed by atoms with Gasteiger partial charge in [0.15, 0.2) is 0 Å². The summed E-state index contributed by atoms with van der Waals surface area (Å²) >= 11 is 0. The molecule has 0 radical (unpaired) electrons. The number of ether oxygens (including phenoxy) is 1. The molecule has 0 fully saturated rings. The van der Waals surface area contributed by atoms with Crippen LogP contribution in [0.15, 0.2) is 11.7 Å². The molecule has 0 spiro atoms. The predicted octanol–water partition coefficient (Wildman–Crippen LogP) is 4.84. The second-order valence-electron chi connectivity index (χ2n) is 3.57. The van der Waals surface area contributed by atoms with Gasteiger partial charge in [-0.1, -0.05) is 0 Å². The Balaban J connectivity index is 6.37. The molecule has 1 atom stereocenters. The average Bonchev–Trinajstić information content (AvgIpc) is 2.32. The van der Waals surface area contributed by atoms with Crippen LogP contribution in [0.2, 0.25) is 0 Å². The lowest BCUT2D eigenvalue weighted by Crippen LogP contribution is -2.63. The maximum atomic E-state index is 13.4. The molecule has 0 saturated carbocycles. The molecule has 0 bridgehead atoms. The Kier molecular flexibility index (Phi) is 5.15. The van der Waals surface area contributed by atoms with Crippen molar-refractivity contribution in [1.82, 2.24) is 0 Å². The van der Waals surface area contributed by atoms with Gasteiger partial charge in [0.1, 0.15) is 0 Å². The molecule has 1 nitrogen and oxygen atoms in total. The third kappa shape index (κ3) is 2.96. The van der Waals surface area contributed by atoms with Crippen molar-refractivity contribution in [2.24, 2.45) is 0 Å². The van der Waals surface area contributed by atoms with E-state index in [1.165, 1.54) is 0 Å². The van der Waals surface area contributed by atoms with Crippen molar-refractivity contribution in [1.29, 1.82) is 0 Å². The van der Waals surface area contributed by atoms with Crippen LogP contribution in [0.5, 0.6) is 0 Å². The summed E-state index contributed by atoms with van der Waals surface area (Å²) in [5.41, 5.74) is 0. The largest absolute Gasteiger partial charge is 0.460 e. The van der Waals surface area contributed by atoms with Crippen LogP contribution in [0, 0.1) is 0 Å². The van der Waals surface area contributed by atoms with Crippen LogP contribution < -0.4 is 0 Å². The fourth-order valence-corrected chi connectivity index (χ4v) is 1.00. The van der Waals surface area contributed by atoms with Gasteiger partial charge in [-0.05, 0) is 0 Å². The predicted molar refractivity (Wildman–Crippen MR) is 42.1 cm³/mol. The number of rotatable bonds is 4. The zero-order chi connectivity index (χ0) is 18.4. The molecule has 0 rings (SSSR count).